The Kier molecular flexibility index (Phi) is 4.02. The fourth-order valence-corrected chi connectivity index (χ4v) is 1.68. The average molecular weight is 260 g/mol. The highest BCUT2D eigenvalue weighted by Crippen LogP contribution is 2.09. The van der Waals surface area contributed by atoms with Crippen molar-refractivity contribution in [1.82, 2.24) is 15.1 Å². The Morgan fingerprint density at radius 1 is 1.32 bits per heavy atom. The van der Waals surface area contributed by atoms with Crippen molar-refractivity contribution in [1.29, 1.82) is 0 Å². The molecule has 0 radical (unpaired) electrons. The number of benzene rings is 1. The summed E-state index contributed by atoms with van der Waals surface area (Å²) in [6.07, 6.45) is 2.38. The van der Waals surface area contributed by atoms with E-state index in [0.717, 1.165) is 5.56 Å². The van der Waals surface area contributed by atoms with E-state index in [4.69, 9.17) is 10.8 Å². The predicted molar refractivity (Wildman–Crippen MR) is 71.5 cm³/mol. The maximum atomic E-state index is 11.6. The first-order valence-electron chi connectivity index (χ1n) is 5.97. The molecule has 19 heavy (non-hydrogen) atoms. The monoisotopic (exact) mass is 260 g/mol. The molecular formula is C13H16N4O2. The van der Waals surface area contributed by atoms with Gasteiger partial charge in [0.2, 0.25) is 5.91 Å². The molecule has 1 amide bonds. The van der Waals surface area contributed by atoms with Gasteiger partial charge in [-0.25, -0.2) is 0 Å². The van der Waals surface area contributed by atoms with Crippen LogP contribution in [0.4, 0.5) is 5.82 Å². The van der Waals surface area contributed by atoms with Crippen LogP contribution in [0, 0.1) is 0 Å². The van der Waals surface area contributed by atoms with Crippen LogP contribution in [0.3, 0.4) is 0 Å². The summed E-state index contributed by atoms with van der Waals surface area (Å²) in [6, 6.07) is 8.56. The van der Waals surface area contributed by atoms with E-state index < -0.39 is 0 Å². The lowest BCUT2D eigenvalue weighted by molar-refractivity contribution is -0.121. The second-order valence-corrected chi connectivity index (χ2v) is 4.20. The van der Waals surface area contributed by atoms with Crippen molar-refractivity contribution in [3.63, 3.8) is 0 Å². The summed E-state index contributed by atoms with van der Waals surface area (Å²) in [6.45, 7) is 0.702. The molecule has 0 unspecified atom stereocenters. The van der Waals surface area contributed by atoms with Crippen LogP contribution in [-0.4, -0.2) is 27.3 Å². The van der Waals surface area contributed by atoms with E-state index >= 15 is 0 Å². The Morgan fingerprint density at radius 2 is 2.05 bits per heavy atom. The van der Waals surface area contributed by atoms with E-state index in [1.165, 1.54) is 4.68 Å². The molecule has 0 saturated heterocycles. The lowest BCUT2D eigenvalue weighted by Crippen LogP contribution is -2.29. The van der Waals surface area contributed by atoms with Gasteiger partial charge < -0.3 is 16.2 Å². The third-order valence-electron chi connectivity index (χ3n) is 2.64. The molecule has 1 heterocycles. The number of carbonyl (C=O) groups excluding carboxylic acids is 1. The third-order valence-corrected chi connectivity index (χ3v) is 2.64. The van der Waals surface area contributed by atoms with Gasteiger partial charge >= 0.3 is 0 Å². The number of nitrogens with two attached hydrogens (primary N) is 1. The minimum absolute atomic E-state index is 0.109. The Hall–Kier alpha value is -2.50. The van der Waals surface area contributed by atoms with Crippen LogP contribution in [0.5, 0.6) is 5.75 Å². The number of rotatable bonds is 5. The molecule has 0 aliphatic heterocycles. The quantitative estimate of drug-likeness (QED) is 0.731. The van der Waals surface area contributed by atoms with Crippen LogP contribution in [0.25, 0.3) is 0 Å². The summed E-state index contributed by atoms with van der Waals surface area (Å²) in [5.41, 5.74) is 6.52. The van der Waals surface area contributed by atoms with Gasteiger partial charge in [-0.3, -0.25) is 9.48 Å². The van der Waals surface area contributed by atoms with Gasteiger partial charge in [-0.2, -0.15) is 5.10 Å². The summed E-state index contributed by atoms with van der Waals surface area (Å²) >= 11 is 0. The van der Waals surface area contributed by atoms with Gasteiger partial charge in [0.05, 0.1) is 0 Å². The first-order chi connectivity index (χ1) is 9.13. The van der Waals surface area contributed by atoms with Gasteiger partial charge in [0.15, 0.2) is 0 Å². The fraction of sp³-hybridized carbons (Fsp3) is 0.231. The van der Waals surface area contributed by atoms with Crippen LogP contribution in [0.1, 0.15) is 5.56 Å². The molecule has 100 valence electrons. The lowest BCUT2D eigenvalue weighted by atomic mass is 10.1. The molecule has 0 atom stereocenters. The van der Waals surface area contributed by atoms with Crippen molar-refractivity contribution in [3.05, 3.63) is 42.1 Å². The van der Waals surface area contributed by atoms with Gasteiger partial charge in [-0.05, 0) is 30.2 Å². The van der Waals surface area contributed by atoms with Crippen LogP contribution in [-0.2, 0) is 17.8 Å². The van der Waals surface area contributed by atoms with E-state index in [1.54, 1.807) is 24.4 Å². The molecule has 0 aliphatic carbocycles. The van der Waals surface area contributed by atoms with Crippen LogP contribution in [0.15, 0.2) is 36.5 Å². The van der Waals surface area contributed by atoms with Crippen molar-refractivity contribution < 1.29 is 9.90 Å². The SMILES string of the molecule is Nc1ccn(CC(=O)NCCc2ccc(O)cc2)n1. The maximum Gasteiger partial charge on any atom is 0.241 e. The number of aromatic hydroxyl groups is 1. The van der Waals surface area contributed by atoms with Crippen LogP contribution < -0.4 is 11.1 Å². The van der Waals surface area contributed by atoms with Crippen molar-refractivity contribution in [3.8, 4) is 5.75 Å². The minimum atomic E-state index is -0.109. The molecule has 0 spiro atoms. The van der Waals surface area contributed by atoms with E-state index in [0.29, 0.717) is 18.8 Å². The molecule has 2 rings (SSSR count). The van der Waals surface area contributed by atoms with Crippen molar-refractivity contribution in [2.24, 2.45) is 0 Å². The summed E-state index contributed by atoms with van der Waals surface area (Å²) in [4.78, 5) is 11.6. The Balaban J connectivity index is 1.73. The number of nitrogens with zero attached hydrogens (tertiary/aromatic N) is 2. The number of hydrogen-bond acceptors (Lipinski definition) is 4. The zero-order valence-corrected chi connectivity index (χ0v) is 10.4. The normalized spacial score (nSPS) is 10.3. The standard InChI is InChI=1S/C13H16N4O2/c14-12-6-8-17(16-12)9-13(19)15-7-5-10-1-3-11(18)4-2-10/h1-4,6,8,18H,5,7,9H2,(H2,14,16)(H,15,19). The van der Waals surface area contributed by atoms with E-state index in [-0.39, 0.29) is 18.2 Å². The Morgan fingerprint density at radius 3 is 2.68 bits per heavy atom. The summed E-state index contributed by atoms with van der Waals surface area (Å²) in [7, 11) is 0. The number of aromatic nitrogens is 2. The number of amides is 1. The maximum absolute atomic E-state index is 11.6. The van der Waals surface area contributed by atoms with Crippen molar-refractivity contribution >= 4 is 11.7 Å². The number of carbonyl (C=O) groups is 1. The summed E-state index contributed by atoms with van der Waals surface area (Å²) in [5, 5.41) is 15.9. The molecule has 6 heteroatoms. The van der Waals surface area contributed by atoms with Gasteiger partial charge in [0, 0.05) is 12.7 Å². The van der Waals surface area contributed by atoms with Gasteiger partial charge in [-0.15, -0.1) is 0 Å². The average Bonchev–Trinajstić information content (AvgIpc) is 2.77. The van der Waals surface area contributed by atoms with Crippen LogP contribution >= 0.6 is 0 Å². The highest BCUT2D eigenvalue weighted by atomic mass is 16.3. The summed E-state index contributed by atoms with van der Waals surface area (Å²) in [5.74, 6) is 0.530. The largest absolute Gasteiger partial charge is 0.508 e. The van der Waals surface area contributed by atoms with E-state index in [1.807, 2.05) is 12.1 Å². The number of anilines is 1. The van der Waals surface area contributed by atoms with Crippen LogP contribution in [0.2, 0.25) is 0 Å². The van der Waals surface area contributed by atoms with Crippen molar-refractivity contribution in [2.45, 2.75) is 13.0 Å². The lowest BCUT2D eigenvalue weighted by Gasteiger charge is -2.05. The zero-order valence-electron chi connectivity index (χ0n) is 10.4. The molecule has 1 aromatic carbocycles. The number of phenols is 1. The molecule has 1 aromatic heterocycles. The Bertz CT molecular complexity index is 548. The first-order valence-corrected chi connectivity index (χ1v) is 5.97. The molecular weight excluding hydrogens is 244 g/mol. The second kappa shape index (κ2) is 5.90. The molecule has 2 aromatic rings. The summed E-state index contributed by atoms with van der Waals surface area (Å²) < 4.78 is 1.49. The van der Waals surface area contributed by atoms with Gasteiger partial charge in [-0.1, -0.05) is 12.1 Å². The molecule has 0 saturated carbocycles. The second-order valence-electron chi connectivity index (χ2n) is 4.20. The highest BCUT2D eigenvalue weighted by Gasteiger charge is 2.03. The van der Waals surface area contributed by atoms with Gasteiger partial charge in [0.1, 0.15) is 18.1 Å². The molecule has 0 fully saturated rings. The molecule has 0 aliphatic rings. The topological polar surface area (TPSA) is 93.2 Å². The highest BCUT2D eigenvalue weighted by molar-refractivity contribution is 5.75. The van der Waals surface area contributed by atoms with E-state index in [9.17, 15) is 4.79 Å². The van der Waals surface area contributed by atoms with Crippen molar-refractivity contribution in [2.75, 3.05) is 12.3 Å². The van der Waals surface area contributed by atoms with E-state index in [2.05, 4.69) is 10.4 Å². The minimum Gasteiger partial charge on any atom is -0.508 e. The fourth-order valence-electron chi connectivity index (χ4n) is 1.68. The molecule has 4 N–H and O–H groups in total. The smallest absolute Gasteiger partial charge is 0.241 e. The number of phenolic OH excluding ortho intramolecular Hbond substituents is 1. The Labute approximate surface area is 110 Å². The third kappa shape index (κ3) is 4.02. The predicted octanol–water partition coefficient (Wildman–Crippen LogP) is 0.530. The number of nitrogen functional groups attached to an aromatic ring is 1. The first kappa shape index (κ1) is 12.9. The number of hydrogen-bond donors (Lipinski definition) is 3. The number of nitrogens with one attached hydrogen (secondary N) is 1. The van der Waals surface area contributed by atoms with Gasteiger partial charge in [0.25, 0.3) is 0 Å². The molecule has 0 bridgehead atoms. The molecule has 6 nitrogen and oxygen atoms in total. The zero-order chi connectivity index (χ0) is 13.7.